The average Bonchev–Trinajstić information content (AvgIpc) is 2.44. The second-order valence-electron chi connectivity index (χ2n) is 6.66. The zero-order valence-corrected chi connectivity index (χ0v) is 13.2. The number of hydrogen-bond donors (Lipinski definition) is 2. The summed E-state index contributed by atoms with van der Waals surface area (Å²) in [7, 11) is 0. The van der Waals surface area contributed by atoms with E-state index in [1.165, 1.54) is 0 Å². The number of piperidine rings is 1. The van der Waals surface area contributed by atoms with Gasteiger partial charge >= 0.3 is 0 Å². The molecule has 1 atom stereocenters. The van der Waals surface area contributed by atoms with E-state index in [9.17, 15) is 13.6 Å². The molecule has 0 aliphatic carbocycles. The van der Waals surface area contributed by atoms with Gasteiger partial charge in [0.25, 0.3) is 11.8 Å². The van der Waals surface area contributed by atoms with Crippen molar-refractivity contribution in [2.24, 2.45) is 0 Å². The minimum Gasteiger partial charge on any atom is -0.292 e. The van der Waals surface area contributed by atoms with Gasteiger partial charge in [0.1, 0.15) is 0 Å². The molecule has 6 heteroatoms. The van der Waals surface area contributed by atoms with Crippen LogP contribution in [0.1, 0.15) is 37.6 Å². The van der Waals surface area contributed by atoms with Gasteiger partial charge in [0.05, 0.1) is 12.6 Å². The summed E-state index contributed by atoms with van der Waals surface area (Å²) in [4.78, 5) is 13.7. The number of hydrogen-bond acceptors (Lipinski definition) is 3. The molecule has 4 nitrogen and oxygen atoms in total. The van der Waals surface area contributed by atoms with Crippen molar-refractivity contribution in [2.45, 2.75) is 44.7 Å². The molecule has 1 fully saturated rings. The molecule has 2 rings (SSSR count). The molecule has 1 aromatic rings. The first-order valence-electron chi connectivity index (χ1n) is 7.44. The topological polar surface area (TPSA) is 44.4 Å². The predicted molar refractivity (Wildman–Crippen MR) is 81.7 cm³/mol. The van der Waals surface area contributed by atoms with E-state index in [4.69, 9.17) is 0 Å². The van der Waals surface area contributed by atoms with Crippen LogP contribution in [-0.4, -0.2) is 41.4 Å². The molecular weight excluding hydrogens is 288 g/mol. The Bertz CT molecular complexity index is 514. The number of rotatable bonds is 3. The smallest absolute Gasteiger partial charge is 0.277 e. The van der Waals surface area contributed by atoms with Gasteiger partial charge in [-0.25, -0.2) is 14.2 Å². The summed E-state index contributed by atoms with van der Waals surface area (Å²) in [6.45, 7) is 6.03. The highest BCUT2D eigenvalue weighted by atomic mass is 19.3. The minimum atomic E-state index is -2.89. The fourth-order valence-corrected chi connectivity index (χ4v) is 2.50. The molecule has 0 saturated carbocycles. The van der Waals surface area contributed by atoms with Crippen molar-refractivity contribution in [3.05, 3.63) is 35.9 Å². The Balaban J connectivity index is 1.93. The van der Waals surface area contributed by atoms with Crippen molar-refractivity contribution in [1.29, 1.82) is 0 Å². The highest BCUT2D eigenvalue weighted by Crippen LogP contribution is 2.30. The molecule has 0 bridgehead atoms. The first-order chi connectivity index (χ1) is 10.2. The van der Waals surface area contributed by atoms with E-state index in [2.05, 4.69) is 10.9 Å². The Morgan fingerprint density at radius 1 is 1.27 bits per heavy atom. The van der Waals surface area contributed by atoms with Crippen LogP contribution in [0.4, 0.5) is 8.78 Å². The largest absolute Gasteiger partial charge is 0.292 e. The maximum atomic E-state index is 14.2. The highest BCUT2D eigenvalue weighted by molar-refractivity contribution is 5.93. The van der Waals surface area contributed by atoms with Crippen LogP contribution in [0, 0.1) is 0 Å². The lowest BCUT2D eigenvalue weighted by atomic mass is 9.96. The first-order valence-corrected chi connectivity index (χ1v) is 7.44. The standard InChI is InChI=1S/C16H23F2N3O/c1-15(2,3)21-10-9-13(16(17,18)11-21)19-20-14(22)12-7-5-4-6-8-12/h4-8,13,19H,9-11H2,1-3H3,(H,20,22). The number of nitrogens with one attached hydrogen (secondary N) is 2. The molecule has 1 heterocycles. The quantitative estimate of drug-likeness (QED) is 0.843. The zero-order chi connectivity index (χ0) is 16.4. The Morgan fingerprint density at radius 3 is 2.45 bits per heavy atom. The lowest BCUT2D eigenvalue weighted by molar-refractivity contribution is -0.111. The second kappa shape index (κ2) is 6.30. The van der Waals surface area contributed by atoms with E-state index < -0.39 is 17.9 Å². The fourth-order valence-electron chi connectivity index (χ4n) is 2.50. The maximum Gasteiger partial charge on any atom is 0.277 e. The molecule has 1 amide bonds. The van der Waals surface area contributed by atoms with Crippen LogP contribution in [-0.2, 0) is 0 Å². The van der Waals surface area contributed by atoms with E-state index in [0.717, 1.165) is 0 Å². The monoisotopic (exact) mass is 311 g/mol. The van der Waals surface area contributed by atoms with Crippen LogP contribution in [0.2, 0.25) is 0 Å². The summed E-state index contributed by atoms with van der Waals surface area (Å²) in [5, 5.41) is 0. The number of hydrazine groups is 1. The van der Waals surface area contributed by atoms with Gasteiger partial charge in [0.15, 0.2) is 0 Å². The molecular formula is C16H23F2N3O. The van der Waals surface area contributed by atoms with Crippen molar-refractivity contribution >= 4 is 5.91 Å². The average molecular weight is 311 g/mol. The molecule has 122 valence electrons. The van der Waals surface area contributed by atoms with E-state index >= 15 is 0 Å². The number of halogens is 2. The van der Waals surface area contributed by atoms with Crippen LogP contribution < -0.4 is 10.9 Å². The predicted octanol–water partition coefficient (Wildman–Crippen LogP) is 2.43. The molecule has 2 N–H and O–H groups in total. The normalized spacial score (nSPS) is 22.3. The van der Waals surface area contributed by atoms with Crippen LogP contribution >= 0.6 is 0 Å². The molecule has 22 heavy (non-hydrogen) atoms. The lowest BCUT2D eigenvalue weighted by Crippen LogP contribution is -2.63. The van der Waals surface area contributed by atoms with Crippen molar-refractivity contribution in [3.8, 4) is 0 Å². The van der Waals surface area contributed by atoms with Gasteiger partial charge in [-0.05, 0) is 39.3 Å². The Morgan fingerprint density at radius 2 is 1.91 bits per heavy atom. The summed E-state index contributed by atoms with van der Waals surface area (Å²) in [6.07, 6.45) is 0.277. The minimum absolute atomic E-state index is 0.277. The SMILES string of the molecule is CC(C)(C)N1CCC(NNC(=O)c2ccccc2)C(F)(F)C1. The number of amides is 1. The zero-order valence-electron chi connectivity index (χ0n) is 13.2. The number of nitrogens with zero attached hydrogens (tertiary/aromatic N) is 1. The highest BCUT2D eigenvalue weighted by Gasteiger charge is 2.46. The van der Waals surface area contributed by atoms with E-state index in [-0.39, 0.29) is 18.5 Å². The van der Waals surface area contributed by atoms with Crippen molar-refractivity contribution in [1.82, 2.24) is 15.8 Å². The molecule has 1 saturated heterocycles. The van der Waals surface area contributed by atoms with Gasteiger partial charge < -0.3 is 0 Å². The number of benzene rings is 1. The number of likely N-dealkylation sites (tertiary alicyclic amines) is 1. The summed E-state index contributed by atoms with van der Waals surface area (Å²) in [6, 6.07) is 7.46. The number of carbonyl (C=O) groups excluding carboxylic acids is 1. The van der Waals surface area contributed by atoms with Crippen molar-refractivity contribution < 1.29 is 13.6 Å². The van der Waals surface area contributed by atoms with E-state index in [1.54, 1.807) is 35.2 Å². The first kappa shape index (κ1) is 16.8. The molecule has 0 aromatic heterocycles. The van der Waals surface area contributed by atoms with Crippen LogP contribution in [0.5, 0.6) is 0 Å². The van der Waals surface area contributed by atoms with E-state index in [1.807, 2.05) is 20.8 Å². The van der Waals surface area contributed by atoms with Crippen LogP contribution in [0.15, 0.2) is 30.3 Å². The third-order valence-electron chi connectivity index (χ3n) is 3.94. The summed E-state index contributed by atoms with van der Waals surface area (Å²) in [5.41, 5.74) is 5.04. The third-order valence-corrected chi connectivity index (χ3v) is 3.94. The number of carbonyl (C=O) groups is 1. The van der Waals surface area contributed by atoms with Crippen molar-refractivity contribution in [2.75, 3.05) is 13.1 Å². The Labute approximate surface area is 129 Å². The molecule has 1 unspecified atom stereocenters. The van der Waals surface area contributed by atoms with E-state index in [0.29, 0.717) is 12.1 Å². The van der Waals surface area contributed by atoms with Crippen LogP contribution in [0.25, 0.3) is 0 Å². The van der Waals surface area contributed by atoms with Gasteiger partial charge in [-0.15, -0.1) is 0 Å². The molecule has 1 aliphatic rings. The molecule has 1 aliphatic heterocycles. The third kappa shape index (κ3) is 4.01. The lowest BCUT2D eigenvalue weighted by Gasteiger charge is -2.44. The van der Waals surface area contributed by atoms with Gasteiger partial charge in [0.2, 0.25) is 0 Å². The molecule has 0 spiro atoms. The van der Waals surface area contributed by atoms with Gasteiger partial charge in [-0.1, -0.05) is 18.2 Å². The summed E-state index contributed by atoms with van der Waals surface area (Å²) >= 11 is 0. The fraction of sp³-hybridized carbons (Fsp3) is 0.562. The van der Waals surface area contributed by atoms with Gasteiger partial charge in [-0.3, -0.25) is 15.1 Å². The van der Waals surface area contributed by atoms with Gasteiger partial charge in [-0.2, -0.15) is 0 Å². The number of alkyl halides is 2. The Kier molecular flexibility index (Phi) is 4.82. The Hall–Kier alpha value is -1.53. The van der Waals surface area contributed by atoms with Crippen LogP contribution in [0.3, 0.4) is 0 Å². The van der Waals surface area contributed by atoms with Gasteiger partial charge in [0, 0.05) is 17.6 Å². The second-order valence-corrected chi connectivity index (χ2v) is 6.66. The molecule has 1 aromatic carbocycles. The summed E-state index contributed by atoms with van der Waals surface area (Å²) in [5.74, 6) is -3.30. The van der Waals surface area contributed by atoms with Crippen molar-refractivity contribution in [3.63, 3.8) is 0 Å². The maximum absolute atomic E-state index is 14.2. The molecule has 0 radical (unpaired) electrons. The summed E-state index contributed by atoms with van der Waals surface area (Å²) < 4.78 is 28.5.